The van der Waals surface area contributed by atoms with Gasteiger partial charge < -0.3 is 5.73 Å². The molecule has 1 aromatic rings. The Labute approximate surface area is 73.4 Å². The third-order valence-corrected chi connectivity index (χ3v) is 1.70. The molecule has 0 radical (unpaired) electrons. The van der Waals surface area contributed by atoms with Crippen molar-refractivity contribution in [3.8, 4) is 0 Å². The van der Waals surface area contributed by atoms with Gasteiger partial charge in [0.15, 0.2) is 0 Å². The van der Waals surface area contributed by atoms with Crippen LogP contribution in [0.2, 0.25) is 0 Å². The van der Waals surface area contributed by atoms with E-state index < -0.39 is 6.43 Å². The minimum Gasteiger partial charge on any atom is -0.397 e. The van der Waals surface area contributed by atoms with Gasteiger partial charge in [-0.2, -0.15) is 0 Å². The van der Waals surface area contributed by atoms with E-state index in [0.29, 0.717) is 11.3 Å². The van der Waals surface area contributed by atoms with E-state index in [1.54, 1.807) is 0 Å². The first-order chi connectivity index (χ1) is 5.65. The van der Waals surface area contributed by atoms with Crippen LogP contribution >= 0.6 is 11.6 Å². The summed E-state index contributed by atoms with van der Waals surface area (Å²) in [6, 6.07) is 1.22. The summed E-state index contributed by atoms with van der Waals surface area (Å²) in [5.41, 5.74) is 5.95. The number of anilines is 1. The number of pyridine rings is 1. The number of hydrogen-bond donors (Lipinski definition) is 1. The molecule has 0 fully saturated rings. The fourth-order valence-corrected chi connectivity index (χ4v) is 0.993. The van der Waals surface area contributed by atoms with E-state index in [4.69, 9.17) is 17.3 Å². The molecule has 1 rings (SSSR count). The third kappa shape index (κ3) is 1.82. The minimum absolute atomic E-state index is 0.119. The highest BCUT2D eigenvalue weighted by atomic mass is 35.5. The zero-order valence-corrected chi connectivity index (χ0v) is 6.85. The number of halogens is 3. The monoisotopic (exact) mass is 192 g/mol. The standard InChI is InChI=1S/C7H7ClF2N2/c8-2-4-1-6(7(9)10)12-3-5(4)11/h1,3,7H,2,11H2. The first-order valence-electron chi connectivity index (χ1n) is 3.23. The Kier molecular flexibility index (Phi) is 2.81. The van der Waals surface area contributed by atoms with E-state index in [2.05, 4.69) is 4.98 Å². The molecule has 0 aromatic carbocycles. The molecule has 0 bridgehead atoms. The van der Waals surface area contributed by atoms with Crippen molar-refractivity contribution >= 4 is 17.3 Å². The van der Waals surface area contributed by atoms with Crippen LogP contribution in [0.4, 0.5) is 14.5 Å². The van der Waals surface area contributed by atoms with E-state index in [1.165, 1.54) is 12.3 Å². The lowest BCUT2D eigenvalue weighted by molar-refractivity contribution is 0.146. The summed E-state index contributed by atoms with van der Waals surface area (Å²) in [6.07, 6.45) is -1.38. The molecule has 0 spiro atoms. The molecular weight excluding hydrogens is 186 g/mol. The number of alkyl halides is 3. The van der Waals surface area contributed by atoms with Crippen molar-refractivity contribution in [2.24, 2.45) is 0 Å². The van der Waals surface area contributed by atoms with E-state index in [1.807, 2.05) is 0 Å². The number of nitrogens with two attached hydrogens (primary N) is 1. The molecule has 1 aromatic heterocycles. The smallest absolute Gasteiger partial charge is 0.280 e. The van der Waals surface area contributed by atoms with Crippen molar-refractivity contribution in [1.29, 1.82) is 0 Å². The molecule has 0 atom stereocenters. The molecule has 66 valence electrons. The number of nitrogen functional groups attached to an aromatic ring is 1. The Morgan fingerprint density at radius 1 is 1.58 bits per heavy atom. The maximum absolute atomic E-state index is 12.1. The van der Waals surface area contributed by atoms with Gasteiger partial charge in [-0.05, 0) is 11.6 Å². The Hall–Kier alpha value is -0.900. The molecule has 0 saturated heterocycles. The largest absolute Gasteiger partial charge is 0.397 e. The van der Waals surface area contributed by atoms with Gasteiger partial charge in [-0.1, -0.05) is 0 Å². The first-order valence-corrected chi connectivity index (χ1v) is 3.77. The molecule has 0 aliphatic rings. The highest BCUT2D eigenvalue weighted by Gasteiger charge is 2.10. The minimum atomic E-state index is -2.58. The number of nitrogens with zero attached hydrogens (tertiary/aromatic N) is 1. The Morgan fingerprint density at radius 2 is 2.25 bits per heavy atom. The SMILES string of the molecule is Nc1cnc(C(F)F)cc1CCl. The molecule has 2 N–H and O–H groups in total. The van der Waals surface area contributed by atoms with Crippen LogP contribution in [0.5, 0.6) is 0 Å². The predicted molar refractivity (Wildman–Crippen MR) is 43.2 cm³/mol. The average Bonchev–Trinajstić information content (AvgIpc) is 2.05. The zero-order chi connectivity index (χ0) is 9.14. The van der Waals surface area contributed by atoms with Crippen molar-refractivity contribution in [1.82, 2.24) is 4.98 Å². The van der Waals surface area contributed by atoms with Crippen molar-refractivity contribution < 1.29 is 8.78 Å². The molecule has 0 aliphatic heterocycles. The molecule has 1 heterocycles. The fourth-order valence-electron chi connectivity index (χ4n) is 0.761. The summed E-state index contributed by atoms with van der Waals surface area (Å²) in [5.74, 6) is 0.119. The van der Waals surface area contributed by atoms with Gasteiger partial charge in [0.05, 0.1) is 11.9 Å². The lowest BCUT2D eigenvalue weighted by Crippen LogP contribution is -1.97. The van der Waals surface area contributed by atoms with Crippen LogP contribution in [-0.4, -0.2) is 4.98 Å². The second kappa shape index (κ2) is 3.67. The highest BCUT2D eigenvalue weighted by Crippen LogP contribution is 2.21. The van der Waals surface area contributed by atoms with Crippen LogP contribution in [-0.2, 0) is 5.88 Å². The van der Waals surface area contributed by atoms with Crippen LogP contribution in [0.25, 0.3) is 0 Å². The molecule has 0 amide bonds. The molecule has 5 heteroatoms. The normalized spacial score (nSPS) is 10.7. The molecule has 12 heavy (non-hydrogen) atoms. The van der Waals surface area contributed by atoms with E-state index in [0.717, 1.165) is 0 Å². The van der Waals surface area contributed by atoms with Crippen LogP contribution in [0, 0.1) is 0 Å². The Balaban J connectivity index is 3.05. The first kappa shape index (κ1) is 9.19. The maximum Gasteiger partial charge on any atom is 0.280 e. The van der Waals surface area contributed by atoms with Crippen molar-refractivity contribution in [3.05, 3.63) is 23.5 Å². The van der Waals surface area contributed by atoms with Gasteiger partial charge in [-0.25, -0.2) is 8.78 Å². The van der Waals surface area contributed by atoms with Crippen LogP contribution in [0.15, 0.2) is 12.3 Å². The lowest BCUT2D eigenvalue weighted by Gasteiger charge is -2.03. The molecule has 0 unspecified atom stereocenters. The van der Waals surface area contributed by atoms with Crippen LogP contribution < -0.4 is 5.73 Å². The number of aromatic nitrogens is 1. The summed E-state index contributed by atoms with van der Waals surface area (Å²) in [5, 5.41) is 0. The lowest BCUT2D eigenvalue weighted by atomic mass is 10.2. The average molecular weight is 193 g/mol. The maximum atomic E-state index is 12.1. The highest BCUT2D eigenvalue weighted by molar-refractivity contribution is 6.17. The van der Waals surface area contributed by atoms with Gasteiger partial charge in [0.2, 0.25) is 0 Å². The summed E-state index contributed by atoms with van der Waals surface area (Å²) in [4.78, 5) is 3.45. The number of rotatable bonds is 2. The summed E-state index contributed by atoms with van der Waals surface area (Å²) >= 11 is 5.46. The van der Waals surface area contributed by atoms with Gasteiger partial charge >= 0.3 is 0 Å². The molecule has 2 nitrogen and oxygen atoms in total. The van der Waals surface area contributed by atoms with Crippen molar-refractivity contribution in [2.45, 2.75) is 12.3 Å². The van der Waals surface area contributed by atoms with E-state index in [-0.39, 0.29) is 11.6 Å². The van der Waals surface area contributed by atoms with Gasteiger partial charge in [-0.15, -0.1) is 11.6 Å². The fraction of sp³-hybridized carbons (Fsp3) is 0.286. The molecular formula is C7H7ClF2N2. The summed E-state index contributed by atoms with van der Waals surface area (Å²) < 4.78 is 24.1. The summed E-state index contributed by atoms with van der Waals surface area (Å²) in [6.45, 7) is 0. The van der Waals surface area contributed by atoms with E-state index in [9.17, 15) is 8.78 Å². The van der Waals surface area contributed by atoms with Crippen molar-refractivity contribution in [3.63, 3.8) is 0 Å². The third-order valence-electron chi connectivity index (χ3n) is 1.41. The molecule has 0 saturated carbocycles. The zero-order valence-electron chi connectivity index (χ0n) is 6.10. The van der Waals surface area contributed by atoms with Gasteiger partial charge in [0, 0.05) is 5.88 Å². The van der Waals surface area contributed by atoms with Gasteiger partial charge in [-0.3, -0.25) is 4.98 Å². The van der Waals surface area contributed by atoms with Gasteiger partial charge in [0.1, 0.15) is 5.69 Å². The number of hydrogen-bond acceptors (Lipinski definition) is 2. The van der Waals surface area contributed by atoms with Crippen LogP contribution in [0.3, 0.4) is 0 Å². The second-order valence-corrected chi connectivity index (χ2v) is 2.51. The van der Waals surface area contributed by atoms with Crippen molar-refractivity contribution in [2.75, 3.05) is 5.73 Å². The molecule has 0 aliphatic carbocycles. The quantitative estimate of drug-likeness (QED) is 0.731. The summed E-state index contributed by atoms with van der Waals surface area (Å²) in [7, 11) is 0. The Morgan fingerprint density at radius 3 is 2.75 bits per heavy atom. The topological polar surface area (TPSA) is 38.9 Å². The Bertz CT molecular complexity index is 278. The van der Waals surface area contributed by atoms with Gasteiger partial charge in [0.25, 0.3) is 6.43 Å². The van der Waals surface area contributed by atoms with E-state index >= 15 is 0 Å². The predicted octanol–water partition coefficient (Wildman–Crippen LogP) is 2.34. The second-order valence-electron chi connectivity index (χ2n) is 2.24. The van der Waals surface area contributed by atoms with Crippen LogP contribution in [0.1, 0.15) is 17.7 Å².